The van der Waals surface area contributed by atoms with Gasteiger partial charge in [-0.05, 0) is 55.7 Å². The summed E-state index contributed by atoms with van der Waals surface area (Å²) in [5.74, 6) is 1.46. The third kappa shape index (κ3) is 4.40. The highest BCUT2D eigenvalue weighted by Gasteiger charge is 2.21. The van der Waals surface area contributed by atoms with Crippen molar-refractivity contribution in [3.8, 4) is 5.75 Å². The first-order valence-corrected chi connectivity index (χ1v) is 9.95. The van der Waals surface area contributed by atoms with Crippen molar-refractivity contribution in [2.24, 2.45) is 0 Å². The fourth-order valence-corrected chi connectivity index (χ4v) is 3.51. The van der Waals surface area contributed by atoms with Gasteiger partial charge >= 0.3 is 0 Å². The second kappa shape index (κ2) is 8.35. The lowest BCUT2D eigenvalue weighted by Crippen LogP contribution is -2.35. The van der Waals surface area contributed by atoms with Gasteiger partial charge in [-0.15, -0.1) is 0 Å². The molecule has 1 aliphatic rings. The second-order valence-electron chi connectivity index (χ2n) is 7.47. The lowest BCUT2D eigenvalue weighted by molar-refractivity contribution is 0.0734. The van der Waals surface area contributed by atoms with Crippen molar-refractivity contribution in [3.63, 3.8) is 0 Å². The summed E-state index contributed by atoms with van der Waals surface area (Å²) in [4.78, 5) is 19.2. The normalized spacial score (nSPS) is 13.1. The highest BCUT2D eigenvalue weighted by Crippen LogP contribution is 2.28. The molecule has 1 amide bonds. The summed E-state index contributed by atoms with van der Waals surface area (Å²) in [5.41, 5.74) is 4.00. The van der Waals surface area contributed by atoms with Crippen LogP contribution in [-0.2, 0) is 13.0 Å². The zero-order valence-electron chi connectivity index (χ0n) is 16.8. The van der Waals surface area contributed by atoms with Crippen LogP contribution in [0.3, 0.4) is 0 Å². The van der Waals surface area contributed by atoms with Crippen molar-refractivity contribution in [1.29, 1.82) is 0 Å². The average Bonchev–Trinajstić information content (AvgIpc) is 2.74. The van der Waals surface area contributed by atoms with E-state index in [-0.39, 0.29) is 12.0 Å². The number of benzene rings is 2. The van der Waals surface area contributed by atoms with Gasteiger partial charge in [0.15, 0.2) is 0 Å². The van der Waals surface area contributed by atoms with Gasteiger partial charge in [0, 0.05) is 19.3 Å². The van der Waals surface area contributed by atoms with Crippen LogP contribution in [0.5, 0.6) is 5.75 Å². The molecule has 0 saturated heterocycles. The monoisotopic (exact) mass is 387 g/mol. The van der Waals surface area contributed by atoms with Gasteiger partial charge in [0.25, 0.3) is 5.91 Å². The first kappa shape index (κ1) is 19.0. The van der Waals surface area contributed by atoms with Crippen molar-refractivity contribution < 1.29 is 9.53 Å². The van der Waals surface area contributed by atoms with Gasteiger partial charge in [0.05, 0.1) is 17.4 Å². The number of carbonyl (C=O) groups excluding carboxylic acids is 1. The van der Waals surface area contributed by atoms with E-state index >= 15 is 0 Å². The van der Waals surface area contributed by atoms with Crippen molar-refractivity contribution in [2.75, 3.05) is 11.9 Å². The number of carbonyl (C=O) groups is 1. The number of fused-ring (bicyclic) bond motifs is 1. The van der Waals surface area contributed by atoms with Gasteiger partial charge in [-0.2, -0.15) is 0 Å². The Balaban J connectivity index is 1.45. The Morgan fingerprint density at radius 2 is 1.79 bits per heavy atom. The van der Waals surface area contributed by atoms with E-state index in [1.165, 1.54) is 11.1 Å². The summed E-state index contributed by atoms with van der Waals surface area (Å²) in [7, 11) is 0. The molecule has 5 nitrogen and oxygen atoms in total. The summed E-state index contributed by atoms with van der Waals surface area (Å²) >= 11 is 0. The summed E-state index contributed by atoms with van der Waals surface area (Å²) in [6, 6.07) is 19.7. The van der Waals surface area contributed by atoms with Gasteiger partial charge in [-0.3, -0.25) is 4.79 Å². The van der Waals surface area contributed by atoms with E-state index < -0.39 is 0 Å². The Kier molecular flexibility index (Phi) is 5.47. The molecule has 1 aromatic heterocycles. The van der Waals surface area contributed by atoms with E-state index in [2.05, 4.69) is 28.5 Å². The lowest BCUT2D eigenvalue weighted by Gasteiger charge is -2.28. The van der Waals surface area contributed by atoms with Crippen molar-refractivity contribution in [3.05, 3.63) is 83.6 Å². The van der Waals surface area contributed by atoms with E-state index in [9.17, 15) is 4.79 Å². The quantitative estimate of drug-likeness (QED) is 0.683. The molecular formula is C24H25N3O2. The number of para-hydroxylation sites is 2. The maximum atomic E-state index is 12.9. The van der Waals surface area contributed by atoms with Crippen LogP contribution in [0.1, 0.15) is 35.3 Å². The molecular weight excluding hydrogens is 362 g/mol. The van der Waals surface area contributed by atoms with Crippen LogP contribution in [-0.4, -0.2) is 28.4 Å². The second-order valence-corrected chi connectivity index (χ2v) is 7.47. The van der Waals surface area contributed by atoms with Crippen molar-refractivity contribution in [2.45, 2.75) is 32.9 Å². The molecule has 0 fully saturated rings. The van der Waals surface area contributed by atoms with Gasteiger partial charge in [-0.1, -0.05) is 36.4 Å². The third-order valence-corrected chi connectivity index (χ3v) is 4.94. The number of anilines is 2. The lowest BCUT2D eigenvalue weighted by atomic mass is 9.99. The van der Waals surface area contributed by atoms with Crippen LogP contribution in [0.4, 0.5) is 11.5 Å². The fraction of sp³-hybridized carbons (Fsp3) is 0.250. The Morgan fingerprint density at radius 1 is 1.03 bits per heavy atom. The van der Waals surface area contributed by atoms with Crippen LogP contribution in [0, 0.1) is 0 Å². The Labute approximate surface area is 171 Å². The molecule has 2 aromatic carbocycles. The number of aromatic nitrogens is 1. The maximum Gasteiger partial charge on any atom is 0.255 e. The van der Waals surface area contributed by atoms with Crippen LogP contribution in [0.2, 0.25) is 0 Å². The summed E-state index contributed by atoms with van der Waals surface area (Å²) in [6.45, 7) is 5.37. The molecule has 0 aliphatic carbocycles. The average molecular weight is 387 g/mol. The smallest absolute Gasteiger partial charge is 0.255 e. The van der Waals surface area contributed by atoms with Gasteiger partial charge in [0.1, 0.15) is 11.6 Å². The maximum absolute atomic E-state index is 12.9. The molecule has 0 bridgehead atoms. The SMILES string of the molecule is CC(C)Oc1ccccc1Nc1ccc(C(=O)N2CCc3ccccc3C2)cn1. The van der Waals surface area contributed by atoms with Crippen LogP contribution >= 0.6 is 0 Å². The van der Waals surface area contributed by atoms with Gasteiger partial charge in [-0.25, -0.2) is 4.98 Å². The third-order valence-electron chi connectivity index (χ3n) is 4.94. The fourth-order valence-electron chi connectivity index (χ4n) is 3.51. The van der Waals surface area contributed by atoms with E-state index in [4.69, 9.17) is 4.74 Å². The molecule has 0 atom stereocenters. The predicted molar refractivity (Wildman–Crippen MR) is 115 cm³/mol. The molecule has 5 heteroatoms. The van der Waals surface area contributed by atoms with E-state index in [1.807, 2.05) is 61.2 Å². The zero-order chi connectivity index (χ0) is 20.2. The molecule has 0 unspecified atom stereocenters. The van der Waals surface area contributed by atoms with Crippen molar-refractivity contribution in [1.82, 2.24) is 9.88 Å². The summed E-state index contributed by atoms with van der Waals surface area (Å²) in [6.07, 6.45) is 2.61. The Morgan fingerprint density at radius 3 is 2.55 bits per heavy atom. The topological polar surface area (TPSA) is 54.5 Å². The minimum Gasteiger partial charge on any atom is -0.489 e. The van der Waals surface area contributed by atoms with E-state index in [1.54, 1.807) is 6.20 Å². The van der Waals surface area contributed by atoms with E-state index in [0.717, 1.165) is 24.4 Å². The van der Waals surface area contributed by atoms with Crippen molar-refractivity contribution >= 4 is 17.4 Å². The molecule has 1 aliphatic heterocycles. The largest absolute Gasteiger partial charge is 0.489 e. The predicted octanol–water partition coefficient (Wildman–Crippen LogP) is 4.81. The van der Waals surface area contributed by atoms with Gasteiger partial charge < -0.3 is 15.0 Å². The number of nitrogens with one attached hydrogen (secondary N) is 1. The van der Waals surface area contributed by atoms with Crippen LogP contribution in [0.15, 0.2) is 66.9 Å². The minimum absolute atomic E-state index is 0.0158. The number of pyridine rings is 1. The number of amides is 1. The van der Waals surface area contributed by atoms with Gasteiger partial charge in [0.2, 0.25) is 0 Å². The number of rotatable bonds is 5. The Hall–Kier alpha value is -3.34. The first-order chi connectivity index (χ1) is 14.1. The Bertz CT molecular complexity index is 999. The molecule has 148 valence electrons. The highest BCUT2D eigenvalue weighted by atomic mass is 16.5. The summed E-state index contributed by atoms with van der Waals surface area (Å²) < 4.78 is 5.84. The summed E-state index contributed by atoms with van der Waals surface area (Å²) in [5, 5.41) is 3.28. The zero-order valence-corrected chi connectivity index (χ0v) is 16.8. The standard InChI is InChI=1S/C24H25N3O2/c1-17(2)29-22-10-6-5-9-21(22)26-23-12-11-19(15-25-23)24(28)27-14-13-18-7-3-4-8-20(18)16-27/h3-12,15,17H,13-14,16H2,1-2H3,(H,25,26). The number of hydrogen-bond acceptors (Lipinski definition) is 4. The highest BCUT2D eigenvalue weighted by molar-refractivity contribution is 5.94. The molecule has 0 saturated carbocycles. The minimum atomic E-state index is 0.0158. The van der Waals surface area contributed by atoms with Crippen LogP contribution < -0.4 is 10.1 Å². The number of hydrogen-bond donors (Lipinski definition) is 1. The number of nitrogens with zero attached hydrogens (tertiary/aromatic N) is 2. The van der Waals surface area contributed by atoms with Crippen LogP contribution in [0.25, 0.3) is 0 Å². The molecule has 0 radical (unpaired) electrons. The molecule has 29 heavy (non-hydrogen) atoms. The molecule has 0 spiro atoms. The molecule has 2 heterocycles. The molecule has 4 rings (SSSR count). The number of ether oxygens (including phenoxy) is 1. The molecule has 3 aromatic rings. The van der Waals surface area contributed by atoms with E-state index in [0.29, 0.717) is 17.9 Å². The molecule has 1 N–H and O–H groups in total. The first-order valence-electron chi connectivity index (χ1n) is 9.95.